The molecule has 1 atom stereocenters. The normalized spacial score (nSPS) is 18.4. The summed E-state index contributed by atoms with van der Waals surface area (Å²) in [5.74, 6) is 3.01. The molecule has 2 aliphatic rings. The van der Waals surface area contributed by atoms with E-state index in [0.29, 0.717) is 0 Å². The number of nitrogens with zero attached hydrogens (tertiary/aromatic N) is 4. The van der Waals surface area contributed by atoms with Crippen LogP contribution in [-0.4, -0.2) is 47.5 Å². The summed E-state index contributed by atoms with van der Waals surface area (Å²) < 4.78 is 5.53. The Hall–Kier alpha value is -2.63. The van der Waals surface area contributed by atoms with Gasteiger partial charge in [-0.05, 0) is 50.7 Å². The van der Waals surface area contributed by atoms with Gasteiger partial charge in [0, 0.05) is 36.8 Å². The summed E-state index contributed by atoms with van der Waals surface area (Å²) in [6, 6.07) is 8.22. The Balaban J connectivity index is 1.60. The predicted octanol–water partition coefficient (Wildman–Crippen LogP) is 4.11. The third-order valence-corrected chi connectivity index (χ3v) is 6.54. The van der Waals surface area contributed by atoms with Gasteiger partial charge in [-0.25, -0.2) is 9.97 Å². The zero-order valence-corrected chi connectivity index (χ0v) is 19.2. The van der Waals surface area contributed by atoms with Crippen LogP contribution < -0.4 is 9.64 Å². The Labute approximate surface area is 185 Å². The van der Waals surface area contributed by atoms with Crippen LogP contribution in [0.4, 0.5) is 5.82 Å². The van der Waals surface area contributed by atoms with Gasteiger partial charge in [0.1, 0.15) is 11.6 Å². The van der Waals surface area contributed by atoms with Crippen LogP contribution in [0.25, 0.3) is 0 Å². The molecule has 0 unspecified atom stereocenters. The third-order valence-electron chi connectivity index (χ3n) is 6.54. The summed E-state index contributed by atoms with van der Waals surface area (Å²) in [5.41, 5.74) is 3.54. The first-order valence-corrected chi connectivity index (χ1v) is 11.5. The number of hydrogen-bond donors (Lipinski definition) is 0. The van der Waals surface area contributed by atoms with E-state index in [9.17, 15) is 4.79 Å². The van der Waals surface area contributed by atoms with Crippen LogP contribution in [0.1, 0.15) is 61.8 Å². The number of amides is 1. The number of aryl methyl sites for hydroxylation is 1. The van der Waals surface area contributed by atoms with Crippen molar-refractivity contribution in [3.63, 3.8) is 0 Å². The van der Waals surface area contributed by atoms with Gasteiger partial charge < -0.3 is 14.5 Å². The smallest absolute Gasteiger partial charge is 0.225 e. The quantitative estimate of drug-likeness (QED) is 0.701. The fraction of sp³-hybridized carbons (Fsp3) is 0.560. The van der Waals surface area contributed by atoms with E-state index in [4.69, 9.17) is 14.7 Å². The number of anilines is 1. The fourth-order valence-electron chi connectivity index (χ4n) is 4.87. The highest BCUT2D eigenvalue weighted by molar-refractivity contribution is 5.78. The molecule has 0 spiro atoms. The lowest BCUT2D eigenvalue weighted by molar-refractivity contribution is -0.135. The van der Waals surface area contributed by atoms with Crippen LogP contribution in [0.3, 0.4) is 0 Å². The van der Waals surface area contributed by atoms with Gasteiger partial charge in [0.2, 0.25) is 5.91 Å². The van der Waals surface area contributed by atoms with Gasteiger partial charge in [0.15, 0.2) is 5.82 Å². The third kappa shape index (κ3) is 4.39. The lowest BCUT2D eigenvalue weighted by Gasteiger charge is -2.33. The number of ether oxygens (including phenoxy) is 1. The largest absolute Gasteiger partial charge is 0.496 e. The molecular weight excluding hydrogens is 388 g/mol. The Bertz CT molecular complexity index is 943. The molecule has 6 nitrogen and oxygen atoms in total. The zero-order chi connectivity index (χ0) is 22.0. The van der Waals surface area contributed by atoms with Crippen LogP contribution >= 0.6 is 0 Å². The van der Waals surface area contributed by atoms with Crippen molar-refractivity contribution in [3.8, 4) is 5.75 Å². The summed E-state index contributed by atoms with van der Waals surface area (Å²) >= 11 is 0. The second-order valence-electron chi connectivity index (χ2n) is 8.97. The first kappa shape index (κ1) is 21.6. The number of fused-ring (bicyclic) bond motifs is 1. The van der Waals surface area contributed by atoms with Crippen molar-refractivity contribution in [2.45, 2.75) is 58.9 Å². The molecule has 31 heavy (non-hydrogen) atoms. The average Bonchev–Trinajstić information content (AvgIpc) is 3.27. The van der Waals surface area contributed by atoms with Gasteiger partial charge in [-0.1, -0.05) is 32.0 Å². The van der Waals surface area contributed by atoms with E-state index in [0.717, 1.165) is 74.8 Å². The summed E-state index contributed by atoms with van der Waals surface area (Å²) in [7, 11) is 1.73. The first-order valence-electron chi connectivity index (χ1n) is 11.5. The Morgan fingerprint density at radius 2 is 2.00 bits per heavy atom. The lowest BCUT2D eigenvalue weighted by Crippen LogP contribution is -2.36. The fourth-order valence-corrected chi connectivity index (χ4v) is 4.87. The van der Waals surface area contributed by atoms with Crippen molar-refractivity contribution in [3.05, 3.63) is 46.9 Å². The number of aromatic nitrogens is 2. The van der Waals surface area contributed by atoms with E-state index in [1.165, 1.54) is 11.1 Å². The van der Waals surface area contributed by atoms with E-state index >= 15 is 0 Å². The van der Waals surface area contributed by atoms with E-state index in [-0.39, 0.29) is 17.9 Å². The lowest BCUT2D eigenvalue weighted by atomic mass is 10.0. The number of benzene rings is 1. The molecule has 0 aliphatic carbocycles. The van der Waals surface area contributed by atoms with Crippen LogP contribution in [0.15, 0.2) is 24.3 Å². The number of likely N-dealkylation sites (tertiary alicyclic amines) is 1. The summed E-state index contributed by atoms with van der Waals surface area (Å²) in [5, 5.41) is 0. The van der Waals surface area contributed by atoms with Crippen molar-refractivity contribution in [1.82, 2.24) is 14.9 Å². The number of carbonyl (C=O) groups excluding carboxylic acids is 1. The van der Waals surface area contributed by atoms with Gasteiger partial charge in [-0.3, -0.25) is 4.79 Å². The molecule has 1 aromatic carbocycles. The van der Waals surface area contributed by atoms with Gasteiger partial charge in [0.25, 0.3) is 0 Å². The molecule has 0 bridgehead atoms. The van der Waals surface area contributed by atoms with E-state index in [2.05, 4.69) is 24.0 Å². The number of methoxy groups -OCH3 is 1. The summed E-state index contributed by atoms with van der Waals surface area (Å²) in [4.78, 5) is 27.1. The molecule has 1 amide bonds. The highest BCUT2D eigenvalue weighted by atomic mass is 16.5. The number of hydrogen-bond acceptors (Lipinski definition) is 5. The molecule has 4 rings (SSSR count). The van der Waals surface area contributed by atoms with Crippen LogP contribution in [-0.2, 0) is 17.6 Å². The van der Waals surface area contributed by atoms with Gasteiger partial charge in [0.05, 0.1) is 13.2 Å². The van der Waals surface area contributed by atoms with Crippen molar-refractivity contribution in [1.29, 1.82) is 0 Å². The molecule has 2 aromatic rings. The summed E-state index contributed by atoms with van der Waals surface area (Å²) in [6.45, 7) is 8.72. The number of carbonyl (C=O) groups is 1. The van der Waals surface area contributed by atoms with Crippen molar-refractivity contribution in [2.75, 3.05) is 31.6 Å². The second-order valence-corrected chi connectivity index (χ2v) is 8.97. The summed E-state index contributed by atoms with van der Waals surface area (Å²) in [6.07, 6.45) is 5.00. The highest BCUT2D eigenvalue weighted by Gasteiger charge is 2.34. The molecule has 166 valence electrons. The minimum absolute atomic E-state index is 0.00288. The maximum Gasteiger partial charge on any atom is 0.225 e. The molecule has 6 heteroatoms. The van der Waals surface area contributed by atoms with E-state index in [1.807, 2.05) is 30.9 Å². The van der Waals surface area contributed by atoms with Crippen LogP contribution in [0, 0.1) is 12.8 Å². The Morgan fingerprint density at radius 3 is 2.77 bits per heavy atom. The molecule has 1 saturated heterocycles. The maximum atomic E-state index is 12.7. The van der Waals surface area contributed by atoms with Crippen LogP contribution in [0.2, 0.25) is 0 Å². The van der Waals surface area contributed by atoms with E-state index < -0.39 is 0 Å². The molecular formula is C25H34N4O2. The number of rotatable bonds is 6. The molecule has 0 saturated carbocycles. The minimum Gasteiger partial charge on any atom is -0.496 e. The molecule has 3 heterocycles. The monoisotopic (exact) mass is 422 g/mol. The maximum absolute atomic E-state index is 12.7. The predicted molar refractivity (Wildman–Crippen MR) is 123 cm³/mol. The molecule has 1 fully saturated rings. The molecule has 1 aromatic heterocycles. The topological polar surface area (TPSA) is 58.6 Å². The SMILES string of the molecule is COc1ccccc1CCN1CCCc2c(C)nc([C@@H]3CCCN3C(=O)C(C)C)nc21. The van der Waals surface area contributed by atoms with Crippen molar-refractivity contribution in [2.24, 2.45) is 5.92 Å². The standard InChI is InChI=1S/C25H34N4O2/c1-17(2)25(30)29-15-8-11-21(29)23-26-18(3)20-10-7-14-28(24(20)27-23)16-13-19-9-5-6-12-22(19)31-4/h5-6,9,12,17,21H,7-8,10-11,13-16H2,1-4H3/t21-/m0/s1. The second kappa shape index (κ2) is 9.25. The van der Waals surface area contributed by atoms with Gasteiger partial charge >= 0.3 is 0 Å². The van der Waals surface area contributed by atoms with Crippen molar-refractivity contribution < 1.29 is 9.53 Å². The minimum atomic E-state index is -0.00308. The molecule has 0 N–H and O–H groups in total. The molecule has 2 aliphatic heterocycles. The number of para-hydroxylation sites is 1. The van der Waals surface area contributed by atoms with Gasteiger partial charge in [-0.2, -0.15) is 0 Å². The first-order chi connectivity index (χ1) is 15.0. The van der Waals surface area contributed by atoms with E-state index in [1.54, 1.807) is 7.11 Å². The zero-order valence-electron chi connectivity index (χ0n) is 19.2. The van der Waals surface area contributed by atoms with Crippen molar-refractivity contribution >= 4 is 11.7 Å². The van der Waals surface area contributed by atoms with Gasteiger partial charge in [-0.15, -0.1) is 0 Å². The highest BCUT2D eigenvalue weighted by Crippen LogP contribution is 2.35. The molecule has 0 radical (unpaired) electrons. The Kier molecular flexibility index (Phi) is 6.44. The average molecular weight is 423 g/mol. The Morgan fingerprint density at radius 1 is 1.19 bits per heavy atom. The van der Waals surface area contributed by atoms with Crippen LogP contribution in [0.5, 0.6) is 5.75 Å².